The van der Waals surface area contributed by atoms with Gasteiger partial charge in [0, 0.05) is 35.8 Å². The maximum absolute atomic E-state index is 12.8. The lowest BCUT2D eigenvalue weighted by Gasteiger charge is -2.28. The number of nitro benzene ring substituents is 1. The molecule has 2 N–H and O–H groups in total. The van der Waals surface area contributed by atoms with Gasteiger partial charge in [-0.2, -0.15) is 0 Å². The van der Waals surface area contributed by atoms with Crippen LogP contribution in [-0.2, 0) is 0 Å². The van der Waals surface area contributed by atoms with E-state index in [9.17, 15) is 19.7 Å². The summed E-state index contributed by atoms with van der Waals surface area (Å²) < 4.78 is 5.43. The minimum atomic E-state index is -0.567. The second kappa shape index (κ2) is 10.8. The highest BCUT2D eigenvalue weighted by atomic mass is 32.1. The predicted octanol–water partition coefficient (Wildman–Crippen LogP) is 5.49. The van der Waals surface area contributed by atoms with Crippen molar-refractivity contribution in [2.24, 2.45) is 0 Å². The maximum Gasteiger partial charge on any atom is 0.344 e. The average molecular weight is 529 g/mol. The van der Waals surface area contributed by atoms with Gasteiger partial charge in [0.2, 0.25) is 0 Å². The number of piperidine rings is 1. The van der Waals surface area contributed by atoms with Crippen LogP contribution in [0.3, 0.4) is 0 Å². The molecule has 4 aromatic rings. The van der Waals surface area contributed by atoms with E-state index in [1.165, 1.54) is 6.07 Å². The van der Waals surface area contributed by atoms with Crippen LogP contribution in [0.4, 0.5) is 17.1 Å². The van der Waals surface area contributed by atoms with Crippen molar-refractivity contribution in [2.75, 3.05) is 23.3 Å². The second-order valence-corrected chi connectivity index (χ2v) is 9.39. The number of para-hydroxylation sites is 1. The number of nitrogens with one attached hydrogen (secondary N) is 2. The lowest BCUT2D eigenvalue weighted by atomic mass is 10.1. The van der Waals surface area contributed by atoms with E-state index in [4.69, 9.17) is 16.6 Å². The van der Waals surface area contributed by atoms with Gasteiger partial charge in [0.15, 0.2) is 5.11 Å². The highest BCUT2D eigenvalue weighted by Gasteiger charge is 2.23. The summed E-state index contributed by atoms with van der Waals surface area (Å²) in [7, 11) is 0. The minimum Gasteiger partial charge on any atom is -0.422 e. The molecule has 0 bridgehead atoms. The van der Waals surface area contributed by atoms with E-state index in [0.29, 0.717) is 28.1 Å². The van der Waals surface area contributed by atoms with Crippen molar-refractivity contribution in [1.29, 1.82) is 0 Å². The number of hydrogen-bond acceptors (Lipinski definition) is 7. The molecular formula is C28H24N4O5S. The van der Waals surface area contributed by atoms with Gasteiger partial charge >= 0.3 is 5.63 Å². The Morgan fingerprint density at radius 2 is 1.76 bits per heavy atom. The Kier molecular flexibility index (Phi) is 7.14. The second-order valence-electron chi connectivity index (χ2n) is 8.98. The van der Waals surface area contributed by atoms with Crippen molar-refractivity contribution < 1.29 is 14.1 Å². The van der Waals surface area contributed by atoms with E-state index >= 15 is 0 Å². The largest absolute Gasteiger partial charge is 0.422 e. The number of nitrogens with zero attached hydrogens (tertiary/aromatic N) is 2. The van der Waals surface area contributed by atoms with E-state index in [1.807, 2.05) is 17.0 Å². The van der Waals surface area contributed by atoms with Gasteiger partial charge in [0.1, 0.15) is 11.3 Å². The molecule has 0 spiro atoms. The summed E-state index contributed by atoms with van der Waals surface area (Å²) in [4.78, 5) is 38.6. The first-order chi connectivity index (χ1) is 18.4. The fourth-order valence-electron chi connectivity index (χ4n) is 4.58. The summed E-state index contributed by atoms with van der Waals surface area (Å²) >= 11 is 5.31. The molecule has 1 amide bonds. The van der Waals surface area contributed by atoms with Gasteiger partial charge in [-0.25, -0.2) is 4.79 Å². The predicted molar refractivity (Wildman–Crippen MR) is 151 cm³/mol. The maximum atomic E-state index is 12.8. The molecule has 0 radical (unpaired) electrons. The first-order valence-electron chi connectivity index (χ1n) is 12.2. The summed E-state index contributed by atoms with van der Waals surface area (Å²) in [6, 6.07) is 20.5. The molecular weight excluding hydrogens is 504 g/mol. The number of nitro groups is 1. The van der Waals surface area contributed by atoms with E-state index in [0.717, 1.165) is 37.7 Å². The Bertz CT molecular complexity index is 1610. The Labute approximate surface area is 223 Å². The Morgan fingerprint density at radius 3 is 2.55 bits per heavy atom. The molecule has 0 aliphatic carbocycles. The molecule has 0 atom stereocenters. The van der Waals surface area contributed by atoms with Crippen molar-refractivity contribution in [3.63, 3.8) is 0 Å². The molecule has 9 nitrogen and oxygen atoms in total. The Morgan fingerprint density at radius 1 is 0.974 bits per heavy atom. The highest BCUT2D eigenvalue weighted by Crippen LogP contribution is 2.31. The van der Waals surface area contributed by atoms with Crippen molar-refractivity contribution in [2.45, 2.75) is 19.3 Å². The quantitative estimate of drug-likeness (QED) is 0.151. The fraction of sp³-hybridized carbons (Fsp3) is 0.179. The zero-order chi connectivity index (χ0) is 26.6. The number of thiocarbonyl (C=S) groups is 1. The molecule has 1 aliphatic heterocycles. The lowest BCUT2D eigenvalue weighted by Crippen LogP contribution is -2.34. The van der Waals surface area contributed by atoms with Gasteiger partial charge in [-0.05, 0) is 73.4 Å². The van der Waals surface area contributed by atoms with Gasteiger partial charge in [-0.15, -0.1) is 0 Å². The van der Waals surface area contributed by atoms with Crippen LogP contribution in [0.15, 0.2) is 82.0 Å². The van der Waals surface area contributed by atoms with Gasteiger partial charge in [-0.3, -0.25) is 20.2 Å². The Balaban J connectivity index is 1.31. The summed E-state index contributed by atoms with van der Waals surface area (Å²) in [5.41, 5.74) is 2.13. The minimum absolute atomic E-state index is 0.0143. The molecule has 1 fully saturated rings. The number of rotatable bonds is 5. The molecule has 10 heteroatoms. The van der Waals surface area contributed by atoms with Crippen molar-refractivity contribution >= 4 is 51.3 Å². The van der Waals surface area contributed by atoms with Crippen LogP contribution in [0.5, 0.6) is 0 Å². The standard InChI is InChI=1S/C28H24N4O5S/c33-26(20-11-12-23(24(17-20)32(35)36)31-13-4-1-5-14-31)30-28(38)29-21-9-6-8-18(15-21)22-16-19-7-2-3-10-25(19)37-27(22)34/h2-3,6-12,15-17H,1,4-5,13-14H2,(H2,29,30,33,38). The summed E-state index contributed by atoms with van der Waals surface area (Å²) in [5, 5.41) is 18.0. The first kappa shape index (κ1) is 25.1. The average Bonchev–Trinajstić information content (AvgIpc) is 2.92. The topological polar surface area (TPSA) is 118 Å². The zero-order valence-electron chi connectivity index (χ0n) is 20.3. The lowest BCUT2D eigenvalue weighted by molar-refractivity contribution is -0.384. The Hall–Kier alpha value is -4.57. The van der Waals surface area contributed by atoms with Crippen molar-refractivity contribution in [1.82, 2.24) is 5.32 Å². The number of amides is 1. The van der Waals surface area contributed by atoms with Crippen molar-refractivity contribution in [3.05, 3.63) is 98.9 Å². The van der Waals surface area contributed by atoms with Crippen molar-refractivity contribution in [3.8, 4) is 11.1 Å². The molecule has 1 aliphatic rings. The van der Waals surface area contributed by atoms with Gasteiger partial charge < -0.3 is 14.6 Å². The third kappa shape index (κ3) is 5.40. The number of benzene rings is 3. The number of carbonyl (C=O) groups excluding carboxylic acids is 1. The van der Waals surface area contributed by atoms with Gasteiger partial charge in [0.25, 0.3) is 11.6 Å². The van der Waals surface area contributed by atoms with Crippen LogP contribution in [0.2, 0.25) is 0 Å². The molecule has 5 rings (SSSR count). The fourth-order valence-corrected chi connectivity index (χ4v) is 4.79. The highest BCUT2D eigenvalue weighted by molar-refractivity contribution is 7.80. The molecule has 1 aromatic heterocycles. The van der Waals surface area contributed by atoms with Crippen LogP contribution >= 0.6 is 12.2 Å². The number of anilines is 2. The molecule has 2 heterocycles. The van der Waals surface area contributed by atoms with Crippen LogP contribution in [0, 0.1) is 10.1 Å². The van der Waals surface area contributed by atoms with Crippen LogP contribution < -0.4 is 21.2 Å². The van der Waals surface area contributed by atoms with Gasteiger partial charge in [-0.1, -0.05) is 30.3 Å². The van der Waals surface area contributed by atoms with E-state index in [2.05, 4.69) is 10.6 Å². The third-order valence-corrected chi connectivity index (χ3v) is 6.64. The molecule has 192 valence electrons. The third-order valence-electron chi connectivity index (χ3n) is 6.43. The molecule has 0 unspecified atom stereocenters. The molecule has 3 aromatic carbocycles. The molecule has 38 heavy (non-hydrogen) atoms. The molecule has 1 saturated heterocycles. The number of fused-ring (bicyclic) bond motifs is 1. The van der Waals surface area contributed by atoms with E-state index in [-0.39, 0.29) is 16.4 Å². The van der Waals surface area contributed by atoms with Crippen LogP contribution in [0.25, 0.3) is 22.1 Å². The first-order valence-corrected chi connectivity index (χ1v) is 12.6. The van der Waals surface area contributed by atoms with Gasteiger partial charge in [0.05, 0.1) is 10.5 Å². The smallest absolute Gasteiger partial charge is 0.344 e. The van der Waals surface area contributed by atoms with E-state index < -0.39 is 16.5 Å². The zero-order valence-corrected chi connectivity index (χ0v) is 21.1. The summed E-state index contributed by atoms with van der Waals surface area (Å²) in [6.07, 6.45) is 3.06. The number of hydrogen-bond donors (Lipinski definition) is 2. The SMILES string of the molecule is O=C(NC(=S)Nc1cccc(-c2cc3ccccc3oc2=O)c1)c1ccc(N2CCCCC2)c([N+](=O)[O-])c1. The molecule has 0 saturated carbocycles. The monoisotopic (exact) mass is 528 g/mol. The summed E-state index contributed by atoms with van der Waals surface area (Å²) in [6.45, 7) is 1.50. The number of carbonyl (C=O) groups is 1. The normalized spacial score (nSPS) is 13.2. The van der Waals surface area contributed by atoms with Crippen LogP contribution in [0.1, 0.15) is 29.6 Å². The van der Waals surface area contributed by atoms with Crippen LogP contribution in [-0.4, -0.2) is 29.0 Å². The summed E-state index contributed by atoms with van der Waals surface area (Å²) in [5.74, 6) is -0.567. The van der Waals surface area contributed by atoms with E-state index in [1.54, 1.807) is 54.6 Å².